The van der Waals surface area contributed by atoms with Gasteiger partial charge < -0.3 is 19.9 Å². The van der Waals surface area contributed by atoms with Gasteiger partial charge in [-0.3, -0.25) is 0 Å². The number of nitrogen functional groups attached to an aromatic ring is 1. The van der Waals surface area contributed by atoms with Gasteiger partial charge in [0.1, 0.15) is 17.3 Å². The van der Waals surface area contributed by atoms with Crippen LogP contribution in [0.25, 0.3) is 0 Å². The molecule has 0 bridgehead atoms. The van der Waals surface area contributed by atoms with E-state index in [9.17, 15) is 0 Å². The fraction of sp³-hybridized carbons (Fsp3) is 0.294. The van der Waals surface area contributed by atoms with E-state index in [-0.39, 0.29) is 0 Å². The van der Waals surface area contributed by atoms with E-state index in [1.807, 2.05) is 43.3 Å². The molecule has 1 aromatic rings. The summed E-state index contributed by atoms with van der Waals surface area (Å²) in [4.78, 5) is 0. The highest BCUT2D eigenvalue weighted by Crippen LogP contribution is 2.36. The molecule has 0 aromatic heterocycles. The number of allylic oxidation sites excluding steroid dienone is 4. The Morgan fingerprint density at radius 3 is 2.67 bits per heavy atom. The van der Waals surface area contributed by atoms with Gasteiger partial charge in [-0.1, -0.05) is 6.08 Å². The molecular weight excluding hydrogens is 266 g/mol. The third-order valence-corrected chi connectivity index (χ3v) is 3.71. The maximum atomic E-state index is 5.90. The first-order chi connectivity index (χ1) is 10.1. The molecule has 1 unspecified atom stereocenters. The second-order valence-corrected chi connectivity index (χ2v) is 5.39. The smallest absolute Gasteiger partial charge is 0.210 e. The summed E-state index contributed by atoms with van der Waals surface area (Å²) < 4.78 is 17.2. The average Bonchev–Trinajstić information content (AvgIpc) is 2.50. The molecule has 1 atom stereocenters. The Morgan fingerprint density at radius 2 is 1.95 bits per heavy atom. The minimum absolute atomic E-state index is 0.571. The molecule has 1 aliphatic heterocycles. The Hall–Kier alpha value is -2.20. The molecule has 4 heteroatoms. The van der Waals surface area contributed by atoms with Gasteiger partial charge in [-0.2, -0.15) is 0 Å². The number of anilines is 1. The average molecular weight is 285 g/mol. The summed E-state index contributed by atoms with van der Waals surface area (Å²) in [5.74, 6) is 1.96. The number of ether oxygens (including phenoxy) is 3. The number of methoxy groups -OCH3 is 1. The highest BCUT2D eigenvalue weighted by atomic mass is 16.7. The van der Waals surface area contributed by atoms with E-state index in [1.165, 1.54) is 0 Å². The first-order valence-corrected chi connectivity index (χ1v) is 6.96. The third kappa shape index (κ3) is 2.95. The largest absolute Gasteiger partial charge is 0.462 e. The van der Waals surface area contributed by atoms with Gasteiger partial charge in [0.2, 0.25) is 5.79 Å². The molecular formula is C17H19NO3. The van der Waals surface area contributed by atoms with Crippen LogP contribution in [0.4, 0.5) is 5.69 Å². The van der Waals surface area contributed by atoms with E-state index in [4.69, 9.17) is 19.9 Å². The maximum absolute atomic E-state index is 5.90. The van der Waals surface area contributed by atoms with E-state index in [1.54, 1.807) is 7.11 Å². The molecule has 0 amide bonds. The molecule has 1 heterocycles. The number of benzene rings is 1. The Kier molecular flexibility index (Phi) is 3.47. The predicted octanol–water partition coefficient (Wildman–Crippen LogP) is 3.53. The van der Waals surface area contributed by atoms with Crippen LogP contribution in [0.15, 0.2) is 59.6 Å². The van der Waals surface area contributed by atoms with Crippen LogP contribution in [0.3, 0.4) is 0 Å². The molecule has 21 heavy (non-hydrogen) atoms. The summed E-state index contributed by atoms with van der Waals surface area (Å²) >= 11 is 0. The monoisotopic (exact) mass is 285 g/mol. The quantitative estimate of drug-likeness (QED) is 0.863. The Balaban J connectivity index is 1.75. The molecule has 2 N–H and O–H groups in total. The number of fused-ring (bicyclic) bond motifs is 1. The molecule has 2 aliphatic rings. The van der Waals surface area contributed by atoms with Gasteiger partial charge in [0.25, 0.3) is 0 Å². The number of hydrogen-bond donors (Lipinski definition) is 1. The summed E-state index contributed by atoms with van der Waals surface area (Å²) in [7, 11) is 1.66. The highest BCUT2D eigenvalue weighted by molar-refractivity contribution is 5.44. The fourth-order valence-corrected chi connectivity index (χ4v) is 2.35. The number of hydrogen-bond acceptors (Lipinski definition) is 4. The Morgan fingerprint density at radius 1 is 1.19 bits per heavy atom. The molecule has 3 rings (SSSR count). The van der Waals surface area contributed by atoms with Gasteiger partial charge in [-0.25, -0.2) is 0 Å². The third-order valence-electron chi connectivity index (χ3n) is 3.71. The number of nitrogens with two attached hydrogens (primary N) is 1. The maximum Gasteiger partial charge on any atom is 0.210 e. The van der Waals surface area contributed by atoms with Crippen molar-refractivity contribution in [3.05, 3.63) is 59.6 Å². The molecule has 1 aliphatic carbocycles. The van der Waals surface area contributed by atoms with Crippen LogP contribution >= 0.6 is 0 Å². The predicted molar refractivity (Wildman–Crippen MR) is 81.5 cm³/mol. The first kappa shape index (κ1) is 13.8. The lowest BCUT2D eigenvalue weighted by atomic mass is 9.98. The zero-order valence-corrected chi connectivity index (χ0v) is 12.3. The van der Waals surface area contributed by atoms with Crippen molar-refractivity contribution in [2.45, 2.75) is 25.6 Å². The standard InChI is InChI=1S/C17H19NO3/c1-17(19-2)10-9-12-11-15(7-8-16(12)21-17)20-14-5-3-13(18)4-6-14/h3-9H,10-11,18H2,1-2H3. The van der Waals surface area contributed by atoms with Crippen LogP contribution in [-0.4, -0.2) is 12.9 Å². The van der Waals surface area contributed by atoms with E-state index >= 15 is 0 Å². The molecule has 0 saturated carbocycles. The lowest BCUT2D eigenvalue weighted by molar-refractivity contribution is -0.185. The van der Waals surface area contributed by atoms with Gasteiger partial charge in [-0.15, -0.1) is 0 Å². The second-order valence-electron chi connectivity index (χ2n) is 5.39. The van der Waals surface area contributed by atoms with Crippen LogP contribution in [0.2, 0.25) is 0 Å². The molecule has 110 valence electrons. The lowest BCUT2D eigenvalue weighted by Crippen LogP contribution is -2.33. The zero-order chi connectivity index (χ0) is 14.9. The summed E-state index contributed by atoms with van der Waals surface area (Å²) in [6.07, 6.45) is 7.46. The van der Waals surface area contributed by atoms with E-state index in [2.05, 4.69) is 6.08 Å². The van der Waals surface area contributed by atoms with Gasteiger partial charge in [0.05, 0.1) is 0 Å². The molecule has 0 fully saturated rings. The summed E-state index contributed by atoms with van der Waals surface area (Å²) in [5, 5.41) is 0. The van der Waals surface area contributed by atoms with Crippen molar-refractivity contribution in [3.8, 4) is 5.75 Å². The lowest BCUT2D eigenvalue weighted by Gasteiger charge is -2.35. The van der Waals surface area contributed by atoms with E-state index < -0.39 is 5.79 Å². The summed E-state index contributed by atoms with van der Waals surface area (Å²) in [5.41, 5.74) is 7.53. The van der Waals surface area contributed by atoms with Gasteiger partial charge in [-0.05, 0) is 42.0 Å². The Bertz CT molecular complexity index is 628. The van der Waals surface area contributed by atoms with Crippen molar-refractivity contribution < 1.29 is 14.2 Å². The van der Waals surface area contributed by atoms with Crippen molar-refractivity contribution in [1.82, 2.24) is 0 Å². The van der Waals surface area contributed by atoms with Crippen molar-refractivity contribution in [2.75, 3.05) is 12.8 Å². The Labute approximate surface area is 124 Å². The van der Waals surface area contributed by atoms with Crippen LogP contribution < -0.4 is 10.5 Å². The van der Waals surface area contributed by atoms with E-state index in [0.29, 0.717) is 0 Å². The molecule has 4 nitrogen and oxygen atoms in total. The van der Waals surface area contributed by atoms with Crippen molar-refractivity contribution in [3.63, 3.8) is 0 Å². The van der Waals surface area contributed by atoms with Gasteiger partial charge >= 0.3 is 0 Å². The molecule has 0 radical (unpaired) electrons. The zero-order valence-electron chi connectivity index (χ0n) is 12.3. The van der Waals surface area contributed by atoms with Crippen molar-refractivity contribution >= 4 is 5.69 Å². The van der Waals surface area contributed by atoms with Crippen LogP contribution in [0.1, 0.15) is 19.8 Å². The van der Waals surface area contributed by atoms with Crippen molar-refractivity contribution in [2.24, 2.45) is 0 Å². The fourth-order valence-electron chi connectivity index (χ4n) is 2.35. The minimum atomic E-state index is -0.571. The molecule has 1 aromatic carbocycles. The minimum Gasteiger partial charge on any atom is -0.462 e. The highest BCUT2D eigenvalue weighted by Gasteiger charge is 2.32. The topological polar surface area (TPSA) is 53.7 Å². The van der Waals surface area contributed by atoms with Gasteiger partial charge in [0.15, 0.2) is 0 Å². The van der Waals surface area contributed by atoms with Crippen LogP contribution in [0.5, 0.6) is 5.75 Å². The summed E-state index contributed by atoms with van der Waals surface area (Å²) in [6, 6.07) is 7.38. The molecule has 0 spiro atoms. The van der Waals surface area contributed by atoms with E-state index in [0.717, 1.165) is 41.4 Å². The molecule has 0 saturated heterocycles. The SMILES string of the molecule is COC1(C)CC=C2CC(Oc3ccc(N)cc3)=CC=C2O1. The second kappa shape index (κ2) is 5.30. The number of rotatable bonds is 3. The summed E-state index contributed by atoms with van der Waals surface area (Å²) in [6.45, 7) is 1.94. The van der Waals surface area contributed by atoms with Gasteiger partial charge in [0, 0.05) is 32.6 Å². The van der Waals surface area contributed by atoms with Crippen LogP contribution in [-0.2, 0) is 9.47 Å². The van der Waals surface area contributed by atoms with Crippen LogP contribution in [0, 0.1) is 0 Å². The van der Waals surface area contributed by atoms with Crippen molar-refractivity contribution in [1.29, 1.82) is 0 Å². The first-order valence-electron chi connectivity index (χ1n) is 6.96. The normalized spacial score (nSPS) is 24.2.